The third-order valence-corrected chi connectivity index (χ3v) is 13.1. The lowest BCUT2D eigenvalue weighted by atomic mass is 9.77. The molecule has 3 heterocycles. The highest BCUT2D eigenvalue weighted by Crippen LogP contribution is 2.57. The number of allylic oxidation sites excluding steroid dienone is 1. The maximum Gasteiger partial charge on any atom is 0.310 e. The van der Waals surface area contributed by atoms with Gasteiger partial charge in [0.2, 0.25) is 5.91 Å². The molecule has 57 heavy (non-hydrogen) atoms. The molecular formula is C44H55N3O9S. The van der Waals surface area contributed by atoms with Gasteiger partial charge in [0.1, 0.15) is 30.3 Å². The molecule has 2 unspecified atom stereocenters. The third kappa shape index (κ3) is 8.89. The monoisotopic (exact) mass is 801 g/mol. The van der Waals surface area contributed by atoms with E-state index >= 15 is 0 Å². The lowest BCUT2D eigenvalue weighted by Crippen LogP contribution is -2.48. The highest BCUT2D eigenvalue weighted by atomic mass is 32.1. The summed E-state index contributed by atoms with van der Waals surface area (Å²) >= 11 is 1.56. The van der Waals surface area contributed by atoms with E-state index in [0.717, 1.165) is 24.3 Å². The Bertz CT molecular complexity index is 2030. The number of aliphatic carboxylic acids is 1. The standard InChI is InChI=1S/C44H55N3O9S/c1-7-27-20-44(27,42(52)53)21-37(49)36-17-30(22-47(36)41(51)32(43(4,5)6)18-40(50)56-29-14-25-13-26(25)15-29)55-38-19-34(35-23-57-39(46-35)12-24(2)3)45-33-16-28(54-11-10-48)8-9-31(33)38/h7-9,16,19,23-27,29-30,32,36,48H,1,10-15,17-18,20-22H2,2-6H3,(H,52,53)/t25-,26?,27+,29?,30+,32+,36-,44+/m0/s1. The predicted molar refractivity (Wildman–Crippen MR) is 215 cm³/mol. The van der Waals surface area contributed by atoms with Crippen molar-refractivity contribution in [1.82, 2.24) is 14.9 Å². The van der Waals surface area contributed by atoms with Crippen LogP contribution in [0.25, 0.3) is 22.3 Å². The number of nitrogens with zero attached hydrogens (tertiary/aromatic N) is 3. The smallest absolute Gasteiger partial charge is 0.310 e. The molecule has 2 aromatic heterocycles. The van der Waals surface area contributed by atoms with Crippen LogP contribution >= 0.6 is 11.3 Å². The van der Waals surface area contributed by atoms with Gasteiger partial charge in [-0.3, -0.25) is 19.2 Å². The van der Waals surface area contributed by atoms with E-state index in [9.17, 15) is 29.4 Å². The summed E-state index contributed by atoms with van der Waals surface area (Å²) in [7, 11) is 0. The van der Waals surface area contributed by atoms with Gasteiger partial charge in [-0.15, -0.1) is 17.9 Å². The predicted octanol–water partition coefficient (Wildman–Crippen LogP) is 6.91. The molecule has 3 saturated carbocycles. The number of aromatic nitrogens is 2. The number of esters is 1. The Balaban J connectivity index is 1.19. The molecule has 1 amide bonds. The number of carboxylic acids is 1. The van der Waals surface area contributed by atoms with Crippen LogP contribution in [0.2, 0.25) is 0 Å². The molecule has 3 aromatic rings. The lowest BCUT2D eigenvalue weighted by molar-refractivity contribution is -0.157. The molecule has 0 bridgehead atoms. The summed E-state index contributed by atoms with van der Waals surface area (Å²) < 4.78 is 18.4. The molecule has 3 aliphatic carbocycles. The molecule has 2 N–H and O–H groups in total. The Labute approximate surface area is 338 Å². The van der Waals surface area contributed by atoms with E-state index in [1.807, 2.05) is 38.3 Å². The summed E-state index contributed by atoms with van der Waals surface area (Å²) in [4.78, 5) is 66.2. The average Bonchev–Trinajstić information content (AvgIpc) is 3.82. The molecule has 306 valence electrons. The number of amides is 1. The van der Waals surface area contributed by atoms with Crippen LogP contribution in [0.3, 0.4) is 0 Å². The first-order chi connectivity index (χ1) is 27.1. The summed E-state index contributed by atoms with van der Waals surface area (Å²) in [6.45, 7) is 13.8. The van der Waals surface area contributed by atoms with Gasteiger partial charge in [0.25, 0.3) is 0 Å². The molecule has 1 aromatic carbocycles. The number of carbonyl (C=O) groups excluding carboxylic acids is 3. The van der Waals surface area contributed by atoms with E-state index in [1.54, 1.807) is 29.5 Å². The highest BCUT2D eigenvalue weighted by molar-refractivity contribution is 7.09. The second-order valence-electron chi connectivity index (χ2n) is 18.1. The van der Waals surface area contributed by atoms with Gasteiger partial charge in [0, 0.05) is 42.2 Å². The summed E-state index contributed by atoms with van der Waals surface area (Å²) in [5, 5.41) is 23.2. The Kier molecular flexibility index (Phi) is 11.5. The van der Waals surface area contributed by atoms with Crippen molar-refractivity contribution in [2.24, 2.45) is 40.4 Å². The molecule has 0 radical (unpaired) electrons. The molecule has 12 nitrogen and oxygen atoms in total. The minimum Gasteiger partial charge on any atom is -0.491 e. The Morgan fingerprint density at radius 2 is 1.81 bits per heavy atom. The summed E-state index contributed by atoms with van der Waals surface area (Å²) in [6, 6.07) is 6.24. The summed E-state index contributed by atoms with van der Waals surface area (Å²) in [6.07, 6.45) is 4.65. The fourth-order valence-electron chi connectivity index (χ4n) is 8.86. The molecule has 4 aliphatic rings. The van der Waals surface area contributed by atoms with E-state index in [4.69, 9.17) is 24.2 Å². The van der Waals surface area contributed by atoms with Crippen LogP contribution in [0, 0.1) is 40.4 Å². The molecule has 1 saturated heterocycles. The van der Waals surface area contributed by atoms with Crippen molar-refractivity contribution in [3.63, 3.8) is 0 Å². The normalized spacial score (nSPS) is 26.9. The SMILES string of the molecule is C=C[C@@H]1C[C@]1(CC(=O)[C@@H]1C[C@@H](Oc2cc(-c3csc(CC(C)C)n3)nc3cc(OCCO)ccc23)CN1C(=O)[C@@H](CC(=O)OC1CC2C[C@H]2C1)C(C)(C)C)C(=O)O. The van der Waals surface area contributed by atoms with Crippen LogP contribution in [0.15, 0.2) is 42.3 Å². The van der Waals surface area contributed by atoms with Crippen LogP contribution in [0.1, 0.15) is 84.6 Å². The minimum atomic E-state index is -1.25. The highest BCUT2D eigenvalue weighted by Gasteiger charge is 2.61. The van der Waals surface area contributed by atoms with Gasteiger partial charge >= 0.3 is 11.9 Å². The second-order valence-corrected chi connectivity index (χ2v) is 19.0. The number of ether oxygens (including phenoxy) is 3. The number of benzene rings is 1. The molecule has 0 spiro atoms. The Morgan fingerprint density at radius 3 is 2.46 bits per heavy atom. The van der Waals surface area contributed by atoms with Gasteiger partial charge in [-0.1, -0.05) is 40.7 Å². The molecule has 7 rings (SSSR count). The van der Waals surface area contributed by atoms with Gasteiger partial charge in [-0.25, -0.2) is 9.97 Å². The number of hydrogen-bond donors (Lipinski definition) is 2. The zero-order valence-corrected chi connectivity index (χ0v) is 34.4. The van der Waals surface area contributed by atoms with Crippen molar-refractivity contribution in [2.75, 3.05) is 19.8 Å². The second kappa shape index (κ2) is 16.1. The zero-order chi connectivity index (χ0) is 40.8. The fraction of sp³-hybridized carbons (Fsp3) is 0.591. The number of rotatable bonds is 17. The quantitative estimate of drug-likeness (QED) is 0.108. The number of fused-ring (bicyclic) bond motifs is 2. The van der Waals surface area contributed by atoms with Crippen molar-refractivity contribution in [1.29, 1.82) is 0 Å². The first kappa shape index (κ1) is 40.8. The van der Waals surface area contributed by atoms with Crippen molar-refractivity contribution in [3.8, 4) is 22.9 Å². The van der Waals surface area contributed by atoms with Gasteiger partial charge in [-0.2, -0.15) is 0 Å². The number of carboxylic acid groups (broad SMARTS) is 1. The van der Waals surface area contributed by atoms with Gasteiger partial charge < -0.3 is 29.3 Å². The van der Waals surface area contributed by atoms with Crippen molar-refractivity contribution >= 4 is 45.9 Å². The first-order valence-corrected chi connectivity index (χ1v) is 21.1. The average molecular weight is 802 g/mol. The third-order valence-electron chi connectivity index (χ3n) is 12.3. The van der Waals surface area contributed by atoms with Crippen molar-refractivity contribution < 1.29 is 43.6 Å². The molecule has 1 aliphatic heterocycles. The van der Waals surface area contributed by atoms with Gasteiger partial charge in [0.15, 0.2) is 5.78 Å². The molecular weight excluding hydrogens is 747 g/mol. The van der Waals surface area contributed by atoms with E-state index < -0.39 is 40.8 Å². The number of thiazole rings is 1. The van der Waals surface area contributed by atoms with Crippen LogP contribution in [0.5, 0.6) is 11.5 Å². The first-order valence-electron chi connectivity index (χ1n) is 20.3. The minimum absolute atomic E-state index is 0.0554. The van der Waals surface area contributed by atoms with Crippen LogP contribution in [-0.4, -0.2) is 86.7 Å². The van der Waals surface area contributed by atoms with E-state index in [1.165, 1.54) is 11.3 Å². The largest absolute Gasteiger partial charge is 0.491 e. The maximum absolute atomic E-state index is 14.8. The zero-order valence-electron chi connectivity index (χ0n) is 33.6. The number of aliphatic hydroxyl groups excluding tert-OH is 1. The molecule has 4 fully saturated rings. The number of likely N-dealkylation sites (tertiary alicyclic amines) is 1. The van der Waals surface area contributed by atoms with Crippen molar-refractivity contribution in [3.05, 3.63) is 47.3 Å². The number of ketones is 1. The molecule has 13 heteroatoms. The fourth-order valence-corrected chi connectivity index (χ4v) is 9.86. The number of Topliss-reactive ketones (excluding diaryl/α,β-unsaturated/α-hetero) is 1. The maximum atomic E-state index is 14.8. The summed E-state index contributed by atoms with van der Waals surface area (Å²) in [5.74, 6) is -0.610. The number of pyridine rings is 1. The van der Waals surface area contributed by atoms with E-state index in [-0.39, 0.29) is 62.7 Å². The van der Waals surface area contributed by atoms with Crippen molar-refractivity contribution in [2.45, 2.75) is 104 Å². The molecule has 8 atom stereocenters. The van der Waals surface area contributed by atoms with Gasteiger partial charge in [0.05, 0.1) is 58.9 Å². The van der Waals surface area contributed by atoms with Crippen LogP contribution in [0.4, 0.5) is 0 Å². The lowest BCUT2D eigenvalue weighted by Gasteiger charge is -2.35. The topological polar surface area (TPSA) is 165 Å². The number of aliphatic hydroxyl groups is 1. The summed E-state index contributed by atoms with van der Waals surface area (Å²) in [5.41, 5.74) is -0.0554. The van der Waals surface area contributed by atoms with Crippen LogP contribution in [-0.2, 0) is 30.3 Å². The number of hydrogen-bond acceptors (Lipinski definition) is 11. The van der Waals surface area contributed by atoms with E-state index in [2.05, 4.69) is 20.4 Å². The van der Waals surface area contributed by atoms with Crippen LogP contribution < -0.4 is 9.47 Å². The number of carbonyl (C=O) groups is 4. The van der Waals surface area contributed by atoms with Gasteiger partial charge in [-0.05, 0) is 66.9 Å². The Morgan fingerprint density at radius 1 is 1.05 bits per heavy atom. The Hall–Kier alpha value is -4.36. The van der Waals surface area contributed by atoms with E-state index in [0.29, 0.717) is 58.0 Å².